The summed E-state index contributed by atoms with van der Waals surface area (Å²) in [7, 11) is 2.94. The summed E-state index contributed by atoms with van der Waals surface area (Å²) in [5.74, 6) is 0.663. The van der Waals surface area contributed by atoms with Gasteiger partial charge < -0.3 is 14.8 Å². The maximum Gasteiger partial charge on any atom is 0.360 e. The van der Waals surface area contributed by atoms with Gasteiger partial charge in [0.1, 0.15) is 5.75 Å². The van der Waals surface area contributed by atoms with Gasteiger partial charge in [-0.1, -0.05) is 55.5 Å². The molecule has 9 nitrogen and oxygen atoms in total. The molecule has 1 aromatic heterocycles. The summed E-state index contributed by atoms with van der Waals surface area (Å²) < 4.78 is 11.6. The molecule has 2 aromatic carbocycles. The summed E-state index contributed by atoms with van der Waals surface area (Å²) in [6.07, 6.45) is 2.15. The molecule has 9 heteroatoms. The van der Waals surface area contributed by atoms with Crippen LogP contribution in [0.25, 0.3) is 0 Å². The summed E-state index contributed by atoms with van der Waals surface area (Å²) in [6, 6.07) is 15.7. The molecule has 2 atom stereocenters. The predicted molar refractivity (Wildman–Crippen MR) is 135 cm³/mol. The summed E-state index contributed by atoms with van der Waals surface area (Å²) in [5, 5.41) is 11.2. The molecule has 1 aliphatic rings. The summed E-state index contributed by atoms with van der Waals surface area (Å²) >= 11 is 0. The molecule has 1 aliphatic heterocycles. The Labute approximate surface area is 211 Å². The Balaban J connectivity index is 1.49. The van der Waals surface area contributed by atoms with Gasteiger partial charge >= 0.3 is 5.97 Å². The van der Waals surface area contributed by atoms with Gasteiger partial charge in [-0.25, -0.2) is 9.48 Å². The fraction of sp³-hybridized carbons (Fsp3) is 0.407. The molecule has 1 fully saturated rings. The van der Waals surface area contributed by atoms with E-state index in [0.717, 1.165) is 16.9 Å². The van der Waals surface area contributed by atoms with Crippen LogP contribution in [-0.4, -0.2) is 58.6 Å². The number of esters is 1. The second-order valence-corrected chi connectivity index (χ2v) is 9.37. The Hall–Kier alpha value is -3.72. The van der Waals surface area contributed by atoms with Crippen LogP contribution in [0.1, 0.15) is 59.4 Å². The van der Waals surface area contributed by atoms with Crippen molar-refractivity contribution in [3.05, 3.63) is 77.1 Å². The monoisotopic (exact) mass is 491 g/mol. The molecule has 1 saturated heterocycles. The van der Waals surface area contributed by atoms with Crippen LogP contribution in [-0.2, 0) is 22.6 Å². The van der Waals surface area contributed by atoms with Crippen molar-refractivity contribution in [2.75, 3.05) is 20.8 Å². The first-order chi connectivity index (χ1) is 17.4. The van der Waals surface area contributed by atoms with Crippen LogP contribution in [0.3, 0.4) is 0 Å². The molecule has 1 N–H and O–H groups in total. The van der Waals surface area contributed by atoms with Gasteiger partial charge in [-0.05, 0) is 41.2 Å². The van der Waals surface area contributed by atoms with E-state index in [1.165, 1.54) is 12.7 Å². The number of rotatable bonds is 9. The Morgan fingerprint density at radius 1 is 1.06 bits per heavy atom. The van der Waals surface area contributed by atoms with Gasteiger partial charge in [0.15, 0.2) is 5.69 Å². The van der Waals surface area contributed by atoms with Crippen molar-refractivity contribution >= 4 is 11.9 Å². The highest BCUT2D eigenvalue weighted by Crippen LogP contribution is 2.29. The normalized spacial score (nSPS) is 17.8. The SMILES string of the molecule is COC(=O)c1cn([C@@H]2C[C@@H](C(=O)NCc3ccc(OC)cc3)N(Cc3ccc(C(C)C)cc3)C2)nn1. The second kappa shape index (κ2) is 11.3. The molecule has 0 spiro atoms. The van der Waals surface area contributed by atoms with Crippen molar-refractivity contribution in [1.29, 1.82) is 0 Å². The van der Waals surface area contributed by atoms with E-state index >= 15 is 0 Å². The lowest BCUT2D eigenvalue weighted by molar-refractivity contribution is -0.125. The number of aromatic nitrogens is 3. The first-order valence-electron chi connectivity index (χ1n) is 12.1. The van der Waals surface area contributed by atoms with E-state index < -0.39 is 5.97 Å². The van der Waals surface area contributed by atoms with Crippen LogP contribution in [0.4, 0.5) is 0 Å². The third kappa shape index (κ3) is 5.91. The smallest absolute Gasteiger partial charge is 0.360 e. The Morgan fingerprint density at radius 3 is 2.39 bits per heavy atom. The minimum atomic E-state index is -0.532. The standard InChI is InChI=1S/C27H33N5O4/c1-18(2)21-9-5-20(6-10-21)15-31-16-22(32-17-24(29-30-32)27(34)36-4)13-25(31)26(33)28-14-19-7-11-23(35-3)12-8-19/h5-12,17-18,22,25H,13-16H2,1-4H3,(H,28,33)/t22-,25+/m1/s1. The van der Waals surface area contributed by atoms with E-state index in [4.69, 9.17) is 9.47 Å². The highest BCUT2D eigenvalue weighted by Gasteiger charge is 2.38. The summed E-state index contributed by atoms with van der Waals surface area (Å²) in [6.45, 7) is 6.01. The summed E-state index contributed by atoms with van der Waals surface area (Å²) in [5.41, 5.74) is 3.57. The highest BCUT2D eigenvalue weighted by atomic mass is 16.5. The number of likely N-dealkylation sites (tertiary alicyclic amines) is 1. The zero-order chi connectivity index (χ0) is 25.7. The molecule has 4 rings (SSSR count). The maximum absolute atomic E-state index is 13.3. The summed E-state index contributed by atoms with van der Waals surface area (Å²) in [4.78, 5) is 27.3. The van der Waals surface area contributed by atoms with Crippen LogP contribution in [0.15, 0.2) is 54.7 Å². The van der Waals surface area contributed by atoms with Gasteiger partial charge in [0.2, 0.25) is 5.91 Å². The lowest BCUT2D eigenvalue weighted by Gasteiger charge is -2.23. The Bertz CT molecular complexity index is 1170. The Kier molecular flexibility index (Phi) is 8.00. The van der Waals surface area contributed by atoms with Gasteiger partial charge in [-0.2, -0.15) is 0 Å². The fourth-order valence-corrected chi connectivity index (χ4v) is 4.46. The van der Waals surface area contributed by atoms with E-state index in [-0.39, 0.29) is 23.7 Å². The zero-order valence-electron chi connectivity index (χ0n) is 21.2. The molecule has 36 heavy (non-hydrogen) atoms. The quantitative estimate of drug-likeness (QED) is 0.459. The number of methoxy groups -OCH3 is 2. The van der Waals surface area contributed by atoms with E-state index in [1.807, 2.05) is 24.3 Å². The number of ether oxygens (including phenoxy) is 2. The minimum absolute atomic E-state index is 0.0413. The second-order valence-electron chi connectivity index (χ2n) is 9.37. The van der Waals surface area contributed by atoms with Crippen LogP contribution >= 0.6 is 0 Å². The van der Waals surface area contributed by atoms with Crippen molar-refractivity contribution in [1.82, 2.24) is 25.2 Å². The first-order valence-corrected chi connectivity index (χ1v) is 12.1. The average molecular weight is 492 g/mol. The van der Waals surface area contributed by atoms with Crippen LogP contribution < -0.4 is 10.1 Å². The van der Waals surface area contributed by atoms with E-state index in [9.17, 15) is 9.59 Å². The van der Waals surface area contributed by atoms with Gasteiger partial charge in [-0.3, -0.25) is 9.69 Å². The number of hydrogen-bond acceptors (Lipinski definition) is 7. The van der Waals surface area contributed by atoms with Crippen molar-refractivity contribution in [2.45, 2.75) is 51.4 Å². The van der Waals surface area contributed by atoms with E-state index in [0.29, 0.717) is 32.0 Å². The fourth-order valence-electron chi connectivity index (χ4n) is 4.46. The van der Waals surface area contributed by atoms with E-state index in [1.54, 1.807) is 18.0 Å². The number of carbonyl (C=O) groups is 2. The third-order valence-corrected chi connectivity index (χ3v) is 6.62. The number of benzene rings is 2. The number of carbonyl (C=O) groups excluding carboxylic acids is 2. The minimum Gasteiger partial charge on any atom is -0.497 e. The molecule has 1 amide bonds. The van der Waals surface area contributed by atoms with Gasteiger partial charge in [0.05, 0.1) is 32.5 Å². The third-order valence-electron chi connectivity index (χ3n) is 6.62. The van der Waals surface area contributed by atoms with Crippen LogP contribution in [0.5, 0.6) is 5.75 Å². The van der Waals surface area contributed by atoms with Crippen molar-refractivity contribution < 1.29 is 19.1 Å². The van der Waals surface area contributed by atoms with Crippen molar-refractivity contribution in [2.24, 2.45) is 0 Å². The Morgan fingerprint density at radius 2 is 1.75 bits per heavy atom. The van der Waals surface area contributed by atoms with Crippen molar-refractivity contribution in [3.8, 4) is 5.75 Å². The largest absolute Gasteiger partial charge is 0.497 e. The lowest BCUT2D eigenvalue weighted by atomic mass is 10.0. The number of amides is 1. The molecule has 0 unspecified atom stereocenters. The molecule has 0 saturated carbocycles. The van der Waals surface area contributed by atoms with Crippen molar-refractivity contribution in [3.63, 3.8) is 0 Å². The number of hydrogen-bond donors (Lipinski definition) is 1. The van der Waals surface area contributed by atoms with Gasteiger partial charge in [0.25, 0.3) is 0 Å². The molecule has 3 aromatic rings. The first kappa shape index (κ1) is 25.4. The van der Waals surface area contributed by atoms with Gasteiger partial charge in [0, 0.05) is 19.6 Å². The average Bonchev–Trinajstić information content (AvgIpc) is 3.55. The highest BCUT2D eigenvalue weighted by molar-refractivity contribution is 5.86. The molecular weight excluding hydrogens is 458 g/mol. The zero-order valence-corrected chi connectivity index (χ0v) is 21.2. The molecule has 190 valence electrons. The van der Waals surface area contributed by atoms with Crippen LogP contribution in [0.2, 0.25) is 0 Å². The molecule has 0 radical (unpaired) electrons. The molecule has 0 aliphatic carbocycles. The molecular formula is C27H33N5O4. The lowest BCUT2D eigenvalue weighted by Crippen LogP contribution is -2.42. The molecule has 0 bridgehead atoms. The topological polar surface area (TPSA) is 98.6 Å². The molecule has 2 heterocycles. The predicted octanol–water partition coefficient (Wildman–Crippen LogP) is 3.33. The number of nitrogens with one attached hydrogen (secondary N) is 1. The maximum atomic E-state index is 13.3. The van der Waals surface area contributed by atoms with Crippen LogP contribution in [0, 0.1) is 0 Å². The number of nitrogens with zero attached hydrogens (tertiary/aromatic N) is 4. The van der Waals surface area contributed by atoms with E-state index in [2.05, 4.69) is 58.6 Å². The van der Waals surface area contributed by atoms with Gasteiger partial charge in [-0.15, -0.1) is 5.10 Å².